The summed E-state index contributed by atoms with van der Waals surface area (Å²) in [5.41, 5.74) is 3.33. The van der Waals surface area contributed by atoms with E-state index in [9.17, 15) is 14.3 Å². The number of aromatic nitrogens is 5. The van der Waals surface area contributed by atoms with Crippen molar-refractivity contribution >= 4 is 44.9 Å². The summed E-state index contributed by atoms with van der Waals surface area (Å²) < 4.78 is 21.8. The minimum Gasteiger partial charge on any atom is -0.507 e. The topological polar surface area (TPSA) is 118 Å². The summed E-state index contributed by atoms with van der Waals surface area (Å²) in [5, 5.41) is 28.0. The Bertz CT molecular complexity index is 1990. The average molecular weight is 656 g/mol. The third-order valence-electron chi connectivity index (χ3n) is 7.82. The zero-order valence-electron chi connectivity index (χ0n) is 24.7. The number of carbonyl (C=O) groups excluding carboxylic acids is 1. The van der Waals surface area contributed by atoms with Crippen molar-refractivity contribution in [1.29, 1.82) is 0 Å². The Morgan fingerprint density at radius 2 is 1.87 bits per heavy atom. The van der Waals surface area contributed by atoms with Gasteiger partial charge in [-0.1, -0.05) is 12.1 Å². The molecule has 10 nitrogen and oxygen atoms in total. The van der Waals surface area contributed by atoms with Crippen molar-refractivity contribution < 1.29 is 19.0 Å². The number of amides is 1. The fraction of sp³-hybridized carbons (Fsp3) is 0.242. The van der Waals surface area contributed by atoms with Gasteiger partial charge >= 0.3 is 0 Å². The van der Waals surface area contributed by atoms with Crippen LogP contribution in [-0.2, 0) is 4.74 Å². The molecule has 1 unspecified atom stereocenters. The number of carbonyl (C=O) groups is 1. The number of morpholine rings is 1. The molecule has 46 heavy (non-hydrogen) atoms. The number of nitrogens with zero attached hydrogens (tertiary/aromatic N) is 6. The number of phenols is 1. The molecular weight excluding hydrogens is 626 g/mol. The number of hydrogen-bond donors (Lipinski definition) is 2. The number of thiazole rings is 1. The Hall–Kier alpha value is -4.43. The standard InChI is InChI=1S/C33H30FN7O3S2/c34-22-9-7-21(8-10-22)25-13-14-30-37-38-33(41(30)39-25)45-23-11-12-26-29(20-23)46-32(36-26)27(40-16-18-44-19-17-40)5-3-15-35-31(43)24-4-1-2-6-28(24)42/h1-2,4,6-14,20,27,42H,3,5,15-19H2,(H,35,43). The summed E-state index contributed by atoms with van der Waals surface area (Å²) in [6.07, 6.45) is 1.57. The molecule has 0 spiro atoms. The van der Waals surface area contributed by atoms with Gasteiger partial charge in [-0.3, -0.25) is 9.69 Å². The van der Waals surface area contributed by atoms with E-state index in [1.54, 1.807) is 46.2 Å². The Kier molecular flexibility index (Phi) is 8.88. The molecule has 3 aromatic heterocycles. The van der Waals surface area contributed by atoms with E-state index in [4.69, 9.17) is 14.8 Å². The molecule has 1 aliphatic rings. The summed E-state index contributed by atoms with van der Waals surface area (Å²) in [4.78, 5) is 21.0. The number of nitrogens with one attached hydrogen (secondary N) is 1. The number of halogens is 1. The van der Waals surface area contributed by atoms with Gasteiger partial charge in [0.05, 0.1) is 40.7 Å². The van der Waals surface area contributed by atoms with E-state index < -0.39 is 0 Å². The number of benzene rings is 3. The maximum Gasteiger partial charge on any atom is 0.255 e. The van der Waals surface area contributed by atoms with E-state index in [1.165, 1.54) is 30.0 Å². The lowest BCUT2D eigenvalue weighted by Crippen LogP contribution is -2.39. The van der Waals surface area contributed by atoms with Crippen LogP contribution in [0.15, 0.2) is 88.9 Å². The van der Waals surface area contributed by atoms with Crippen molar-refractivity contribution in [2.45, 2.75) is 28.9 Å². The molecule has 0 radical (unpaired) electrons. The van der Waals surface area contributed by atoms with Gasteiger partial charge in [0.25, 0.3) is 5.91 Å². The maximum absolute atomic E-state index is 13.4. The molecule has 1 fully saturated rings. The predicted octanol–water partition coefficient (Wildman–Crippen LogP) is 5.98. The molecule has 1 aliphatic heterocycles. The molecule has 0 aliphatic carbocycles. The van der Waals surface area contributed by atoms with Crippen LogP contribution in [-0.4, -0.2) is 73.6 Å². The van der Waals surface area contributed by atoms with Crippen LogP contribution in [0.1, 0.15) is 34.2 Å². The lowest BCUT2D eigenvalue weighted by atomic mass is 10.1. The second-order valence-electron chi connectivity index (χ2n) is 10.8. The number of aromatic hydroxyl groups is 1. The number of para-hydroxylation sites is 1. The number of hydrogen-bond acceptors (Lipinski definition) is 10. The fourth-order valence-electron chi connectivity index (χ4n) is 5.45. The highest BCUT2D eigenvalue weighted by Crippen LogP contribution is 2.36. The first-order valence-electron chi connectivity index (χ1n) is 15.0. The normalized spacial score (nSPS) is 14.5. The highest BCUT2D eigenvalue weighted by molar-refractivity contribution is 7.99. The molecule has 4 heterocycles. The minimum atomic E-state index is -0.294. The second kappa shape index (κ2) is 13.5. The van der Waals surface area contributed by atoms with Crippen molar-refractivity contribution in [1.82, 2.24) is 35.0 Å². The Morgan fingerprint density at radius 3 is 2.70 bits per heavy atom. The van der Waals surface area contributed by atoms with Crippen LogP contribution < -0.4 is 5.32 Å². The van der Waals surface area contributed by atoms with Crippen molar-refractivity contribution in [3.8, 4) is 17.0 Å². The average Bonchev–Trinajstić information content (AvgIpc) is 3.69. The third kappa shape index (κ3) is 6.58. The molecule has 2 N–H and O–H groups in total. The van der Waals surface area contributed by atoms with Crippen molar-refractivity contribution in [3.63, 3.8) is 0 Å². The van der Waals surface area contributed by atoms with Crippen molar-refractivity contribution in [2.24, 2.45) is 0 Å². The molecular formula is C33H30FN7O3S2. The highest BCUT2D eigenvalue weighted by atomic mass is 32.2. The molecule has 1 saturated heterocycles. The van der Waals surface area contributed by atoms with E-state index in [-0.39, 0.29) is 29.1 Å². The summed E-state index contributed by atoms with van der Waals surface area (Å²) in [6, 6.07) is 22.8. The van der Waals surface area contributed by atoms with Crippen molar-refractivity contribution in [2.75, 3.05) is 32.8 Å². The van der Waals surface area contributed by atoms with Crippen LogP contribution in [0.2, 0.25) is 0 Å². The summed E-state index contributed by atoms with van der Waals surface area (Å²) >= 11 is 3.15. The van der Waals surface area contributed by atoms with Gasteiger partial charge in [0.15, 0.2) is 5.65 Å². The van der Waals surface area contributed by atoms with Crippen LogP contribution in [0.4, 0.5) is 4.39 Å². The van der Waals surface area contributed by atoms with E-state index in [0.717, 1.165) is 51.6 Å². The Labute approximate surface area is 272 Å². The number of ether oxygens (including phenoxy) is 1. The van der Waals surface area contributed by atoms with Crippen LogP contribution in [0.5, 0.6) is 5.75 Å². The van der Waals surface area contributed by atoms with Gasteiger partial charge in [-0.15, -0.1) is 21.5 Å². The van der Waals surface area contributed by atoms with Gasteiger partial charge in [0.1, 0.15) is 16.6 Å². The van der Waals surface area contributed by atoms with Crippen LogP contribution in [0, 0.1) is 5.82 Å². The molecule has 0 bridgehead atoms. The molecule has 1 atom stereocenters. The first-order chi connectivity index (χ1) is 22.5. The summed E-state index contributed by atoms with van der Waals surface area (Å²) in [6.45, 7) is 3.48. The number of rotatable bonds is 10. The van der Waals surface area contributed by atoms with Crippen LogP contribution in [0.3, 0.4) is 0 Å². The van der Waals surface area contributed by atoms with Crippen molar-refractivity contribution in [3.05, 3.63) is 95.3 Å². The largest absolute Gasteiger partial charge is 0.507 e. The molecule has 0 saturated carbocycles. The van der Waals surface area contributed by atoms with Gasteiger partial charge in [-0.25, -0.2) is 9.37 Å². The Balaban J connectivity index is 1.08. The van der Waals surface area contributed by atoms with Gasteiger partial charge in [-0.2, -0.15) is 9.61 Å². The number of phenolic OH excluding ortho intramolecular Hbond substituents is 1. The fourth-order valence-corrected chi connectivity index (χ4v) is 7.53. The zero-order valence-corrected chi connectivity index (χ0v) is 26.3. The molecule has 6 aromatic rings. The van der Waals surface area contributed by atoms with Crippen LogP contribution >= 0.6 is 23.1 Å². The summed E-state index contributed by atoms with van der Waals surface area (Å²) in [5.74, 6) is -0.604. The molecule has 1 amide bonds. The highest BCUT2D eigenvalue weighted by Gasteiger charge is 2.26. The SMILES string of the molecule is O=C(NCCCC(c1nc2ccc(Sc3nnc4ccc(-c5ccc(F)cc5)nn34)cc2s1)N1CCOCC1)c1ccccc1O. The number of fused-ring (bicyclic) bond motifs is 2. The maximum atomic E-state index is 13.4. The molecule has 234 valence electrons. The predicted molar refractivity (Wildman–Crippen MR) is 175 cm³/mol. The molecule has 7 rings (SSSR count). The first kappa shape index (κ1) is 30.2. The first-order valence-corrected chi connectivity index (χ1v) is 16.6. The zero-order chi connectivity index (χ0) is 31.5. The quantitative estimate of drug-likeness (QED) is 0.172. The van der Waals surface area contributed by atoms with Gasteiger partial charge in [0.2, 0.25) is 5.16 Å². The summed E-state index contributed by atoms with van der Waals surface area (Å²) in [7, 11) is 0. The second-order valence-corrected chi connectivity index (χ2v) is 12.9. The monoisotopic (exact) mass is 655 g/mol. The Morgan fingerprint density at radius 1 is 1.04 bits per heavy atom. The van der Waals surface area contributed by atoms with Gasteiger partial charge in [0, 0.05) is 30.1 Å². The van der Waals surface area contributed by atoms with E-state index in [0.29, 0.717) is 36.3 Å². The van der Waals surface area contributed by atoms with E-state index in [1.807, 2.05) is 24.3 Å². The third-order valence-corrected chi connectivity index (χ3v) is 9.87. The van der Waals surface area contributed by atoms with Gasteiger partial charge in [-0.05, 0) is 91.3 Å². The lowest BCUT2D eigenvalue weighted by molar-refractivity contribution is 0.0138. The van der Waals surface area contributed by atoms with Gasteiger partial charge < -0.3 is 15.2 Å². The van der Waals surface area contributed by atoms with Crippen LogP contribution in [0.25, 0.3) is 27.1 Å². The van der Waals surface area contributed by atoms with E-state index in [2.05, 4.69) is 26.5 Å². The lowest BCUT2D eigenvalue weighted by Gasteiger charge is -2.33. The molecule has 13 heteroatoms. The minimum absolute atomic E-state index is 0.0265. The van der Waals surface area contributed by atoms with E-state index >= 15 is 0 Å². The smallest absolute Gasteiger partial charge is 0.255 e. The molecule has 3 aromatic carbocycles.